The van der Waals surface area contributed by atoms with E-state index in [1.165, 1.54) is 19.8 Å². The van der Waals surface area contributed by atoms with Crippen molar-refractivity contribution in [2.75, 3.05) is 6.61 Å². The summed E-state index contributed by atoms with van der Waals surface area (Å²) < 4.78 is 9.33. The van der Waals surface area contributed by atoms with Crippen LogP contribution in [0.2, 0.25) is 0 Å². The summed E-state index contributed by atoms with van der Waals surface area (Å²) in [5.74, 6) is 0.734. The molecule has 0 saturated heterocycles. The lowest BCUT2D eigenvalue weighted by atomic mass is 10.3. The topological polar surface area (TPSA) is 70.5 Å². The van der Waals surface area contributed by atoms with E-state index >= 15 is 0 Å². The van der Waals surface area contributed by atoms with E-state index in [0.717, 1.165) is 11.3 Å². The molecule has 0 radical (unpaired) electrons. The first-order chi connectivity index (χ1) is 11.5. The van der Waals surface area contributed by atoms with Gasteiger partial charge in [0.05, 0.1) is 13.2 Å². The van der Waals surface area contributed by atoms with Gasteiger partial charge in [0, 0.05) is 18.1 Å². The number of rotatable bonds is 5. The van der Waals surface area contributed by atoms with E-state index < -0.39 is 0 Å². The second-order valence-corrected chi connectivity index (χ2v) is 5.49. The lowest BCUT2D eigenvalue weighted by Gasteiger charge is -2.07. The Morgan fingerprint density at radius 3 is 2.54 bits per heavy atom. The van der Waals surface area contributed by atoms with Crippen LogP contribution in [-0.2, 0) is 6.54 Å². The Morgan fingerprint density at radius 1 is 1.21 bits per heavy atom. The number of aromatic nitrogens is 4. The van der Waals surface area contributed by atoms with Crippen LogP contribution in [0.1, 0.15) is 13.8 Å². The highest BCUT2D eigenvalue weighted by atomic mass is 16.5. The fourth-order valence-corrected chi connectivity index (χ4v) is 2.44. The number of allylic oxidation sites excluding steroid dienone is 1. The number of nitrogens with zero attached hydrogens (tertiary/aromatic N) is 4. The van der Waals surface area contributed by atoms with E-state index in [-0.39, 0.29) is 23.4 Å². The van der Waals surface area contributed by atoms with Crippen LogP contribution in [0.4, 0.5) is 0 Å². The Morgan fingerprint density at radius 2 is 1.92 bits per heavy atom. The van der Waals surface area contributed by atoms with Crippen molar-refractivity contribution in [1.29, 1.82) is 0 Å². The summed E-state index contributed by atoms with van der Waals surface area (Å²) >= 11 is 0. The molecule has 2 aromatic heterocycles. The molecule has 2 heterocycles. The number of benzene rings is 1. The van der Waals surface area contributed by atoms with Crippen molar-refractivity contribution in [3.8, 4) is 11.4 Å². The minimum Gasteiger partial charge on any atom is -0.494 e. The molecular weight excluding hydrogens is 308 g/mol. The first-order valence-corrected chi connectivity index (χ1v) is 7.59. The Kier molecular flexibility index (Phi) is 4.07. The van der Waals surface area contributed by atoms with Crippen molar-refractivity contribution in [2.45, 2.75) is 20.4 Å². The van der Waals surface area contributed by atoms with Crippen LogP contribution in [-0.4, -0.2) is 25.4 Å². The molecule has 0 bridgehead atoms. The molecule has 0 aliphatic rings. The van der Waals surface area contributed by atoms with Gasteiger partial charge in [-0.1, -0.05) is 12.2 Å². The van der Waals surface area contributed by atoms with E-state index in [9.17, 15) is 9.59 Å². The van der Waals surface area contributed by atoms with Crippen LogP contribution >= 0.6 is 0 Å². The van der Waals surface area contributed by atoms with Crippen LogP contribution in [0.5, 0.6) is 5.75 Å². The minimum absolute atomic E-state index is 0.0811. The predicted molar refractivity (Wildman–Crippen MR) is 91.0 cm³/mol. The maximum absolute atomic E-state index is 12.7. The fraction of sp³-hybridized carbons (Fsp3) is 0.235. The van der Waals surface area contributed by atoms with Crippen LogP contribution in [0.15, 0.2) is 58.4 Å². The second kappa shape index (κ2) is 6.19. The third kappa shape index (κ3) is 2.76. The van der Waals surface area contributed by atoms with Gasteiger partial charge in [0.1, 0.15) is 5.75 Å². The van der Waals surface area contributed by atoms with Crippen LogP contribution in [0.25, 0.3) is 11.3 Å². The maximum atomic E-state index is 12.7. The normalized spacial score (nSPS) is 10.9. The summed E-state index contributed by atoms with van der Waals surface area (Å²) in [6.45, 7) is 8.34. The largest absolute Gasteiger partial charge is 0.494 e. The van der Waals surface area contributed by atoms with Crippen molar-refractivity contribution in [2.24, 2.45) is 0 Å². The van der Waals surface area contributed by atoms with Gasteiger partial charge in [-0.2, -0.15) is 0 Å². The Hall–Kier alpha value is -3.09. The zero-order valence-corrected chi connectivity index (χ0v) is 13.6. The summed E-state index contributed by atoms with van der Waals surface area (Å²) in [4.78, 5) is 24.9. The average Bonchev–Trinajstić information content (AvgIpc) is 2.86. The smallest absolute Gasteiger partial charge is 0.350 e. The van der Waals surface area contributed by atoms with Gasteiger partial charge in [-0.15, -0.1) is 5.10 Å². The van der Waals surface area contributed by atoms with Crippen molar-refractivity contribution in [1.82, 2.24) is 18.7 Å². The molecule has 0 saturated carbocycles. The van der Waals surface area contributed by atoms with E-state index in [1.807, 2.05) is 6.92 Å². The molecule has 7 heteroatoms. The molecule has 3 aromatic rings. The first kappa shape index (κ1) is 15.8. The monoisotopic (exact) mass is 326 g/mol. The summed E-state index contributed by atoms with van der Waals surface area (Å²) in [7, 11) is 0. The van der Waals surface area contributed by atoms with E-state index in [4.69, 9.17) is 4.74 Å². The lowest BCUT2D eigenvalue weighted by Crippen LogP contribution is -2.24. The third-order valence-corrected chi connectivity index (χ3v) is 3.49. The van der Waals surface area contributed by atoms with Gasteiger partial charge in [-0.05, 0) is 38.1 Å². The molecule has 3 rings (SSSR count). The molecule has 0 spiro atoms. The maximum Gasteiger partial charge on any atom is 0.350 e. The van der Waals surface area contributed by atoms with E-state index in [1.54, 1.807) is 37.4 Å². The fourth-order valence-electron chi connectivity index (χ4n) is 2.44. The molecule has 0 unspecified atom stereocenters. The number of fused-ring (bicyclic) bond motifs is 1. The first-order valence-electron chi connectivity index (χ1n) is 7.59. The summed E-state index contributed by atoms with van der Waals surface area (Å²) in [5.41, 5.74) is 0.820. The van der Waals surface area contributed by atoms with E-state index in [0.29, 0.717) is 12.3 Å². The van der Waals surface area contributed by atoms with Gasteiger partial charge >= 0.3 is 11.2 Å². The number of hydrogen-bond donors (Lipinski definition) is 0. The quantitative estimate of drug-likeness (QED) is 0.668. The number of ether oxygens (including phenoxy) is 1. The second-order valence-electron chi connectivity index (χ2n) is 5.49. The zero-order valence-electron chi connectivity index (χ0n) is 13.6. The highest BCUT2D eigenvalue weighted by molar-refractivity contribution is 5.42. The SMILES string of the molecule is C=C(C)Cn1nc2c(=O)n(-c3ccc(OCC)cc3)ccn2c1=O. The Bertz CT molecular complexity index is 1010. The van der Waals surface area contributed by atoms with Crippen LogP contribution in [0.3, 0.4) is 0 Å². The minimum atomic E-state index is -0.362. The molecule has 124 valence electrons. The summed E-state index contributed by atoms with van der Waals surface area (Å²) in [6, 6.07) is 7.15. The van der Waals surface area contributed by atoms with Crippen molar-refractivity contribution in [3.05, 3.63) is 69.6 Å². The van der Waals surface area contributed by atoms with Gasteiger partial charge < -0.3 is 4.74 Å². The van der Waals surface area contributed by atoms with Gasteiger partial charge in [-0.25, -0.2) is 13.9 Å². The third-order valence-electron chi connectivity index (χ3n) is 3.49. The van der Waals surface area contributed by atoms with Gasteiger partial charge in [0.2, 0.25) is 5.65 Å². The lowest BCUT2D eigenvalue weighted by molar-refractivity contribution is 0.340. The van der Waals surface area contributed by atoms with Gasteiger partial charge in [0.25, 0.3) is 0 Å². The molecule has 0 fully saturated rings. The molecule has 0 aliphatic carbocycles. The molecular formula is C17H18N4O3. The van der Waals surface area contributed by atoms with Crippen molar-refractivity contribution >= 4 is 5.65 Å². The molecule has 7 nitrogen and oxygen atoms in total. The highest BCUT2D eigenvalue weighted by Crippen LogP contribution is 2.14. The van der Waals surface area contributed by atoms with E-state index in [2.05, 4.69) is 11.7 Å². The molecule has 0 aliphatic heterocycles. The molecule has 0 amide bonds. The van der Waals surface area contributed by atoms with Gasteiger partial charge in [-0.3, -0.25) is 9.36 Å². The van der Waals surface area contributed by atoms with Crippen LogP contribution < -0.4 is 16.0 Å². The standard InChI is InChI=1S/C17H18N4O3/c1-4-24-14-7-5-13(6-8-14)19-9-10-20-15(16(19)22)18-21(17(20)23)11-12(2)3/h5-10H,2,4,11H2,1,3H3. The Labute approximate surface area is 138 Å². The van der Waals surface area contributed by atoms with Crippen LogP contribution in [0, 0.1) is 0 Å². The molecule has 1 aromatic carbocycles. The zero-order chi connectivity index (χ0) is 17.3. The molecule has 0 atom stereocenters. The predicted octanol–water partition coefficient (Wildman–Crippen LogP) is 1.62. The van der Waals surface area contributed by atoms with Crippen molar-refractivity contribution < 1.29 is 4.74 Å². The van der Waals surface area contributed by atoms with Gasteiger partial charge in [0.15, 0.2) is 0 Å². The summed E-state index contributed by atoms with van der Waals surface area (Å²) in [6.07, 6.45) is 3.09. The molecule has 0 N–H and O–H groups in total. The molecule has 24 heavy (non-hydrogen) atoms. The Balaban J connectivity index is 2.10. The summed E-state index contributed by atoms with van der Waals surface area (Å²) in [5, 5.41) is 4.13. The average molecular weight is 326 g/mol. The number of hydrogen-bond acceptors (Lipinski definition) is 4. The highest BCUT2D eigenvalue weighted by Gasteiger charge is 2.12. The van der Waals surface area contributed by atoms with Crippen molar-refractivity contribution in [3.63, 3.8) is 0 Å².